The van der Waals surface area contributed by atoms with Gasteiger partial charge in [-0.25, -0.2) is 8.78 Å². The Labute approximate surface area is 72.9 Å². The highest BCUT2D eigenvalue weighted by Crippen LogP contribution is 2.47. The Morgan fingerprint density at radius 1 is 0.786 bits per heavy atom. The van der Waals surface area contributed by atoms with Crippen LogP contribution >= 0.6 is 0 Å². The predicted molar refractivity (Wildman–Crippen MR) is 29.6 cm³/mol. The molecule has 0 atom stereocenters. The predicted octanol–water partition coefficient (Wildman–Crippen LogP) is 2.32. The first kappa shape index (κ1) is 13.4. The number of hydrogen-bond donors (Lipinski definition) is 1. The van der Waals surface area contributed by atoms with Crippen LogP contribution in [0.1, 0.15) is 0 Å². The Morgan fingerprint density at radius 3 is 1.14 bits per heavy atom. The van der Waals surface area contributed by atoms with Gasteiger partial charge in [-0.3, -0.25) is 0 Å². The Hall–Kier alpha value is -0.600. The van der Waals surface area contributed by atoms with E-state index < -0.39 is 30.7 Å². The van der Waals surface area contributed by atoms with E-state index in [0.29, 0.717) is 0 Å². The highest BCUT2D eigenvalue weighted by molar-refractivity contribution is 4.88. The maximum Gasteiger partial charge on any atom is 0.406 e. The van der Waals surface area contributed by atoms with Gasteiger partial charge < -0.3 is 5.73 Å². The van der Waals surface area contributed by atoms with Crippen molar-refractivity contribution in [3.8, 4) is 0 Å². The summed E-state index contributed by atoms with van der Waals surface area (Å²) in [5.41, 5.74) is 4.15. The third kappa shape index (κ3) is 2.96. The minimum Gasteiger partial charge on any atom is -0.325 e. The van der Waals surface area contributed by atoms with Crippen LogP contribution < -0.4 is 5.73 Å². The molecule has 9 heteroatoms. The average molecular weight is 231 g/mol. The van der Waals surface area contributed by atoms with Crippen molar-refractivity contribution in [2.24, 2.45) is 11.7 Å². The SMILES string of the molecule is NCC(F)(F)C(C(F)(F)F)C(F)(F)F. The lowest BCUT2D eigenvalue weighted by atomic mass is 10.0. The molecule has 0 radical (unpaired) electrons. The Bertz CT molecular complexity index is 177. The molecule has 1 nitrogen and oxygen atoms in total. The molecule has 0 aromatic rings. The summed E-state index contributed by atoms with van der Waals surface area (Å²) in [4.78, 5) is 0. The number of halogens is 8. The van der Waals surface area contributed by atoms with Gasteiger partial charge in [0.15, 0.2) is 0 Å². The monoisotopic (exact) mass is 231 g/mol. The molecule has 0 saturated heterocycles. The molecule has 0 aliphatic carbocycles. The van der Waals surface area contributed by atoms with E-state index in [1.807, 2.05) is 0 Å². The molecule has 0 heterocycles. The zero-order valence-corrected chi connectivity index (χ0v) is 6.39. The topological polar surface area (TPSA) is 26.0 Å². The molecule has 0 bridgehead atoms. The minimum absolute atomic E-state index is 2.02. The molecule has 0 rings (SSSR count). The van der Waals surface area contributed by atoms with Crippen LogP contribution in [0, 0.1) is 5.92 Å². The fraction of sp³-hybridized carbons (Fsp3) is 1.00. The number of nitrogens with two attached hydrogens (primary N) is 1. The third-order valence-corrected chi connectivity index (χ3v) is 1.35. The van der Waals surface area contributed by atoms with Crippen molar-refractivity contribution >= 4 is 0 Å². The van der Waals surface area contributed by atoms with E-state index in [4.69, 9.17) is 0 Å². The Morgan fingerprint density at radius 2 is 1.07 bits per heavy atom. The zero-order chi connectivity index (χ0) is 11.8. The second kappa shape index (κ2) is 3.52. The molecule has 0 aromatic heterocycles. The van der Waals surface area contributed by atoms with Gasteiger partial charge in [-0.05, 0) is 0 Å². The second-order valence-electron chi connectivity index (χ2n) is 2.48. The van der Waals surface area contributed by atoms with Gasteiger partial charge in [-0.15, -0.1) is 0 Å². The van der Waals surface area contributed by atoms with Gasteiger partial charge in [0.2, 0.25) is 5.92 Å². The molecule has 0 fully saturated rings. The van der Waals surface area contributed by atoms with Gasteiger partial charge in [0.05, 0.1) is 6.54 Å². The second-order valence-corrected chi connectivity index (χ2v) is 2.48. The van der Waals surface area contributed by atoms with Crippen molar-refractivity contribution in [2.45, 2.75) is 18.3 Å². The summed E-state index contributed by atoms with van der Waals surface area (Å²) in [6, 6.07) is 0. The number of alkyl halides is 8. The van der Waals surface area contributed by atoms with Crippen molar-refractivity contribution < 1.29 is 35.1 Å². The Balaban J connectivity index is 5.14. The van der Waals surface area contributed by atoms with Gasteiger partial charge in [0.25, 0.3) is 5.92 Å². The van der Waals surface area contributed by atoms with Crippen LogP contribution in [0.2, 0.25) is 0 Å². The molecule has 14 heavy (non-hydrogen) atoms. The van der Waals surface area contributed by atoms with Crippen molar-refractivity contribution in [3.05, 3.63) is 0 Å². The molecule has 2 N–H and O–H groups in total. The quantitative estimate of drug-likeness (QED) is 0.725. The van der Waals surface area contributed by atoms with Crippen LogP contribution in [0.15, 0.2) is 0 Å². The summed E-state index contributed by atoms with van der Waals surface area (Å²) in [7, 11) is 0. The highest BCUT2D eigenvalue weighted by atomic mass is 19.4. The van der Waals surface area contributed by atoms with Crippen LogP contribution in [-0.2, 0) is 0 Å². The molecule has 0 aromatic carbocycles. The van der Waals surface area contributed by atoms with Gasteiger partial charge in [-0.2, -0.15) is 26.3 Å². The van der Waals surface area contributed by atoms with E-state index in [1.54, 1.807) is 0 Å². The molecule has 0 saturated carbocycles. The van der Waals surface area contributed by atoms with Crippen LogP contribution in [0.4, 0.5) is 35.1 Å². The maximum atomic E-state index is 12.2. The standard InChI is InChI=1S/C5H5F8N/c6-3(7,1-14)2(4(8,9)10)5(11,12)13/h2H,1,14H2. The van der Waals surface area contributed by atoms with Crippen molar-refractivity contribution in [3.63, 3.8) is 0 Å². The first-order valence-electron chi connectivity index (χ1n) is 3.14. The molecular weight excluding hydrogens is 226 g/mol. The molecule has 0 spiro atoms. The normalized spacial score (nSPS) is 15.0. The average Bonchev–Trinajstić information content (AvgIpc) is 1.79. The number of rotatable bonds is 2. The van der Waals surface area contributed by atoms with Crippen molar-refractivity contribution in [1.82, 2.24) is 0 Å². The lowest BCUT2D eigenvalue weighted by Crippen LogP contribution is -2.52. The molecular formula is C5H5F8N. The highest BCUT2D eigenvalue weighted by Gasteiger charge is 2.68. The Kier molecular flexibility index (Phi) is 3.37. The van der Waals surface area contributed by atoms with Crippen LogP contribution in [0.3, 0.4) is 0 Å². The van der Waals surface area contributed by atoms with E-state index in [2.05, 4.69) is 5.73 Å². The summed E-state index contributed by atoms with van der Waals surface area (Å²) in [6.45, 7) is -2.02. The maximum absolute atomic E-state index is 12.2. The lowest BCUT2D eigenvalue weighted by Gasteiger charge is -2.29. The van der Waals surface area contributed by atoms with E-state index >= 15 is 0 Å². The summed E-state index contributed by atoms with van der Waals surface area (Å²) in [5.74, 6) is -9.76. The summed E-state index contributed by atoms with van der Waals surface area (Å²) in [6.07, 6.45) is -12.1. The van der Waals surface area contributed by atoms with Crippen LogP contribution in [-0.4, -0.2) is 24.8 Å². The fourth-order valence-electron chi connectivity index (χ4n) is 0.782. The van der Waals surface area contributed by atoms with Crippen molar-refractivity contribution in [1.29, 1.82) is 0 Å². The molecule has 86 valence electrons. The first-order valence-corrected chi connectivity index (χ1v) is 3.14. The smallest absolute Gasteiger partial charge is 0.325 e. The van der Waals surface area contributed by atoms with E-state index in [0.717, 1.165) is 0 Å². The molecule has 0 unspecified atom stereocenters. The summed E-state index contributed by atoms with van der Waals surface area (Å²) >= 11 is 0. The van der Waals surface area contributed by atoms with Gasteiger partial charge in [-0.1, -0.05) is 0 Å². The molecule has 0 amide bonds. The third-order valence-electron chi connectivity index (χ3n) is 1.35. The molecule has 0 aliphatic heterocycles. The molecule has 0 aliphatic rings. The van der Waals surface area contributed by atoms with Crippen LogP contribution in [0.25, 0.3) is 0 Å². The largest absolute Gasteiger partial charge is 0.406 e. The summed E-state index contributed by atoms with van der Waals surface area (Å²) in [5, 5.41) is 0. The van der Waals surface area contributed by atoms with Crippen LogP contribution in [0.5, 0.6) is 0 Å². The fourth-order valence-corrected chi connectivity index (χ4v) is 0.782. The van der Waals surface area contributed by atoms with Gasteiger partial charge >= 0.3 is 12.4 Å². The lowest BCUT2D eigenvalue weighted by molar-refractivity contribution is -0.335. The number of hydrogen-bond acceptors (Lipinski definition) is 1. The summed E-state index contributed by atoms with van der Waals surface area (Å²) < 4.78 is 94.3. The van der Waals surface area contributed by atoms with E-state index in [9.17, 15) is 35.1 Å². The first-order chi connectivity index (χ1) is 5.93. The minimum atomic E-state index is -6.07. The van der Waals surface area contributed by atoms with Gasteiger partial charge in [0.1, 0.15) is 0 Å². The zero-order valence-electron chi connectivity index (χ0n) is 6.39. The van der Waals surface area contributed by atoms with E-state index in [1.165, 1.54) is 0 Å². The van der Waals surface area contributed by atoms with Gasteiger partial charge in [0, 0.05) is 0 Å². The van der Waals surface area contributed by atoms with Crippen molar-refractivity contribution in [2.75, 3.05) is 6.54 Å². The van der Waals surface area contributed by atoms with E-state index in [-0.39, 0.29) is 0 Å².